The van der Waals surface area contributed by atoms with Crippen molar-refractivity contribution in [1.29, 1.82) is 0 Å². The molecule has 0 atom stereocenters. The van der Waals surface area contributed by atoms with Crippen LogP contribution in [0.1, 0.15) is 11.1 Å². The average molecular weight is 363 g/mol. The van der Waals surface area contributed by atoms with Gasteiger partial charge in [0, 0.05) is 0 Å². The minimum atomic E-state index is -0.0740. The van der Waals surface area contributed by atoms with Crippen molar-refractivity contribution in [3.8, 4) is 0 Å². The van der Waals surface area contributed by atoms with E-state index in [0.717, 1.165) is 15.8 Å². The smallest absolute Gasteiger partial charge is 0.250 e. The molecule has 7 heteroatoms. The molecular weight excluding hydrogens is 346 g/mol. The van der Waals surface area contributed by atoms with E-state index in [2.05, 4.69) is 28.1 Å². The van der Waals surface area contributed by atoms with Crippen LogP contribution < -0.4 is 4.90 Å². The van der Waals surface area contributed by atoms with Gasteiger partial charge in [0.25, 0.3) is 5.91 Å². The number of thiazole rings is 1. The van der Waals surface area contributed by atoms with Crippen molar-refractivity contribution in [3.05, 3.63) is 72.3 Å². The summed E-state index contributed by atoms with van der Waals surface area (Å²) in [6.45, 7) is 2.64. The number of fused-ring (bicyclic) bond motifs is 1. The molecule has 26 heavy (non-hydrogen) atoms. The van der Waals surface area contributed by atoms with Crippen LogP contribution in [0.15, 0.2) is 61.2 Å². The lowest BCUT2D eigenvalue weighted by Crippen LogP contribution is -2.33. The first kappa shape index (κ1) is 16.4. The maximum Gasteiger partial charge on any atom is 0.250 e. The fourth-order valence-corrected chi connectivity index (χ4v) is 3.78. The number of anilines is 1. The fourth-order valence-electron chi connectivity index (χ4n) is 2.70. The summed E-state index contributed by atoms with van der Waals surface area (Å²) in [5.74, 6) is -0.0740. The molecule has 0 fully saturated rings. The van der Waals surface area contributed by atoms with Crippen LogP contribution in [-0.4, -0.2) is 25.7 Å². The summed E-state index contributed by atoms with van der Waals surface area (Å²) in [7, 11) is 0. The van der Waals surface area contributed by atoms with Gasteiger partial charge in [0.1, 0.15) is 19.2 Å². The van der Waals surface area contributed by atoms with Gasteiger partial charge in [-0.1, -0.05) is 47.7 Å². The topological polar surface area (TPSA) is 63.9 Å². The van der Waals surface area contributed by atoms with Crippen molar-refractivity contribution in [2.45, 2.75) is 20.0 Å². The SMILES string of the molecule is Cc1ccc2nc(N(Cc3ccccc3)C(=O)Cn3cncn3)sc2c1. The van der Waals surface area contributed by atoms with Crippen LogP contribution in [-0.2, 0) is 17.9 Å². The Morgan fingerprint density at radius 2 is 2.04 bits per heavy atom. The number of hydrogen-bond donors (Lipinski definition) is 0. The molecule has 0 unspecified atom stereocenters. The molecule has 0 aliphatic carbocycles. The number of aromatic nitrogens is 4. The number of hydrogen-bond acceptors (Lipinski definition) is 5. The van der Waals surface area contributed by atoms with E-state index in [1.807, 2.05) is 42.5 Å². The molecule has 2 aromatic heterocycles. The number of carbonyl (C=O) groups is 1. The molecule has 0 aliphatic heterocycles. The van der Waals surface area contributed by atoms with E-state index >= 15 is 0 Å². The van der Waals surface area contributed by atoms with Crippen molar-refractivity contribution in [2.75, 3.05) is 4.90 Å². The summed E-state index contributed by atoms with van der Waals surface area (Å²) in [5, 5.41) is 4.73. The van der Waals surface area contributed by atoms with Crippen LogP contribution in [0.4, 0.5) is 5.13 Å². The highest BCUT2D eigenvalue weighted by Gasteiger charge is 2.21. The Balaban J connectivity index is 1.69. The summed E-state index contributed by atoms with van der Waals surface area (Å²) >= 11 is 1.53. The van der Waals surface area contributed by atoms with Gasteiger partial charge in [-0.25, -0.2) is 14.6 Å². The highest BCUT2D eigenvalue weighted by atomic mass is 32.1. The molecule has 0 aliphatic rings. The van der Waals surface area contributed by atoms with Gasteiger partial charge in [-0.2, -0.15) is 5.10 Å². The van der Waals surface area contributed by atoms with Crippen LogP contribution in [0.2, 0.25) is 0 Å². The maximum atomic E-state index is 13.0. The summed E-state index contributed by atoms with van der Waals surface area (Å²) < 4.78 is 2.60. The number of carbonyl (C=O) groups excluding carboxylic acids is 1. The third-order valence-corrected chi connectivity index (χ3v) is 5.05. The predicted octanol–water partition coefficient (Wildman–Crippen LogP) is 3.43. The van der Waals surface area contributed by atoms with E-state index < -0.39 is 0 Å². The normalized spacial score (nSPS) is 11.0. The molecule has 6 nitrogen and oxygen atoms in total. The second-order valence-electron chi connectivity index (χ2n) is 6.03. The molecule has 0 saturated heterocycles. The maximum absolute atomic E-state index is 13.0. The van der Waals surface area contributed by atoms with Gasteiger partial charge in [0.05, 0.1) is 16.8 Å². The lowest BCUT2D eigenvalue weighted by atomic mass is 10.2. The number of nitrogens with zero attached hydrogens (tertiary/aromatic N) is 5. The van der Waals surface area contributed by atoms with E-state index in [1.165, 1.54) is 27.9 Å². The van der Waals surface area contributed by atoms with E-state index in [-0.39, 0.29) is 12.5 Å². The van der Waals surface area contributed by atoms with E-state index in [4.69, 9.17) is 0 Å². The molecule has 0 spiro atoms. The Morgan fingerprint density at radius 1 is 1.19 bits per heavy atom. The summed E-state index contributed by atoms with van der Waals surface area (Å²) in [6, 6.07) is 16.0. The van der Waals surface area contributed by atoms with Crippen molar-refractivity contribution in [2.24, 2.45) is 0 Å². The van der Waals surface area contributed by atoms with Gasteiger partial charge >= 0.3 is 0 Å². The molecule has 130 valence electrons. The van der Waals surface area contributed by atoms with E-state index in [0.29, 0.717) is 11.7 Å². The quantitative estimate of drug-likeness (QED) is 0.545. The highest BCUT2D eigenvalue weighted by molar-refractivity contribution is 7.22. The Bertz CT molecular complexity index is 1030. The second kappa shape index (κ2) is 7.05. The van der Waals surface area contributed by atoms with Crippen LogP contribution in [0.25, 0.3) is 10.2 Å². The van der Waals surface area contributed by atoms with Gasteiger partial charge < -0.3 is 0 Å². The minimum absolute atomic E-state index is 0.0740. The third kappa shape index (κ3) is 3.48. The molecule has 1 amide bonds. The third-order valence-electron chi connectivity index (χ3n) is 4.01. The molecule has 4 aromatic rings. The first-order chi connectivity index (χ1) is 12.7. The molecule has 4 rings (SSSR count). The van der Waals surface area contributed by atoms with E-state index in [1.54, 1.807) is 11.2 Å². The van der Waals surface area contributed by atoms with Gasteiger partial charge in [0.2, 0.25) is 0 Å². The Morgan fingerprint density at radius 3 is 2.81 bits per heavy atom. The number of rotatable bonds is 5. The van der Waals surface area contributed by atoms with Crippen molar-refractivity contribution in [3.63, 3.8) is 0 Å². The molecule has 2 heterocycles. The fraction of sp³-hybridized carbons (Fsp3) is 0.158. The molecular formula is C19H17N5OS. The lowest BCUT2D eigenvalue weighted by Gasteiger charge is -2.20. The van der Waals surface area contributed by atoms with Crippen molar-refractivity contribution < 1.29 is 4.79 Å². The van der Waals surface area contributed by atoms with Crippen LogP contribution in [0, 0.1) is 6.92 Å². The minimum Gasteiger partial charge on any atom is -0.282 e. The number of aryl methyl sites for hydroxylation is 1. The Hall–Kier alpha value is -3.06. The van der Waals surface area contributed by atoms with Crippen LogP contribution in [0.5, 0.6) is 0 Å². The van der Waals surface area contributed by atoms with Gasteiger partial charge in [-0.05, 0) is 30.2 Å². The molecule has 0 radical (unpaired) electrons. The van der Waals surface area contributed by atoms with Crippen LogP contribution >= 0.6 is 11.3 Å². The monoisotopic (exact) mass is 363 g/mol. The van der Waals surface area contributed by atoms with E-state index in [9.17, 15) is 4.79 Å². The average Bonchev–Trinajstić information content (AvgIpc) is 3.29. The lowest BCUT2D eigenvalue weighted by molar-refractivity contribution is -0.119. The zero-order valence-electron chi connectivity index (χ0n) is 14.2. The first-order valence-electron chi connectivity index (χ1n) is 8.23. The highest BCUT2D eigenvalue weighted by Crippen LogP contribution is 2.30. The van der Waals surface area contributed by atoms with Crippen molar-refractivity contribution >= 4 is 32.6 Å². The Kier molecular flexibility index (Phi) is 4.45. The molecule has 2 aromatic carbocycles. The van der Waals surface area contributed by atoms with Gasteiger partial charge in [-0.15, -0.1) is 0 Å². The zero-order chi connectivity index (χ0) is 17.9. The summed E-state index contributed by atoms with van der Waals surface area (Å²) in [6.07, 6.45) is 2.97. The zero-order valence-corrected chi connectivity index (χ0v) is 15.1. The van der Waals surface area contributed by atoms with Gasteiger partial charge in [0.15, 0.2) is 5.13 Å². The molecule has 0 N–H and O–H groups in total. The number of amides is 1. The second-order valence-corrected chi connectivity index (χ2v) is 7.04. The van der Waals surface area contributed by atoms with Gasteiger partial charge in [-0.3, -0.25) is 9.69 Å². The standard InChI is InChI=1S/C19H17N5OS/c1-14-7-8-16-17(9-14)26-19(22-16)24(10-15-5-3-2-4-6-15)18(25)11-23-13-20-12-21-23/h2-9,12-13H,10-11H2,1H3. The summed E-state index contributed by atoms with van der Waals surface area (Å²) in [5.41, 5.74) is 3.13. The van der Waals surface area contributed by atoms with Crippen molar-refractivity contribution in [1.82, 2.24) is 19.7 Å². The first-order valence-corrected chi connectivity index (χ1v) is 9.04. The van der Waals surface area contributed by atoms with Crippen LogP contribution in [0.3, 0.4) is 0 Å². The molecule has 0 saturated carbocycles. The largest absolute Gasteiger partial charge is 0.282 e. The Labute approximate surface area is 154 Å². The molecule has 0 bridgehead atoms. The predicted molar refractivity (Wildman–Crippen MR) is 102 cm³/mol. The summed E-state index contributed by atoms with van der Waals surface area (Å²) in [4.78, 5) is 23.3. The number of benzene rings is 2.